The van der Waals surface area contributed by atoms with E-state index in [1.807, 2.05) is 13.0 Å². The van der Waals surface area contributed by atoms with Crippen LogP contribution in [0.2, 0.25) is 0 Å². The lowest BCUT2D eigenvalue weighted by Gasteiger charge is -2.23. The van der Waals surface area contributed by atoms with Gasteiger partial charge in [0.2, 0.25) is 11.8 Å². The molecular formula is C16H21N3O3S. The van der Waals surface area contributed by atoms with Crippen molar-refractivity contribution in [3.05, 3.63) is 34.2 Å². The molecule has 1 atom stereocenters. The maximum Gasteiger partial charge on any atom is 0.240 e. The standard InChI is InChI=1S/C16H21N3O3S/c1-12-8-16(22-18-12)17-15(20)11-19(9-13-4-2-6-21-13)10-14-5-3-7-23-14/h3,5,7-8,13H,2,4,6,9-11H2,1H3,(H,17,20)/t13-/m0/s1. The Kier molecular flexibility index (Phi) is 5.43. The van der Waals surface area contributed by atoms with Crippen LogP contribution in [0.3, 0.4) is 0 Å². The average Bonchev–Trinajstić information content (AvgIpc) is 3.23. The monoisotopic (exact) mass is 335 g/mol. The molecule has 1 N–H and O–H groups in total. The number of hydrogen-bond acceptors (Lipinski definition) is 6. The van der Waals surface area contributed by atoms with Crippen molar-refractivity contribution in [1.29, 1.82) is 0 Å². The average molecular weight is 335 g/mol. The Labute approximate surface area is 139 Å². The van der Waals surface area contributed by atoms with Crippen LogP contribution in [-0.4, -0.2) is 41.8 Å². The van der Waals surface area contributed by atoms with Gasteiger partial charge in [0.1, 0.15) is 0 Å². The van der Waals surface area contributed by atoms with Gasteiger partial charge in [-0.3, -0.25) is 15.0 Å². The van der Waals surface area contributed by atoms with Crippen molar-refractivity contribution in [2.75, 3.05) is 25.0 Å². The number of aryl methyl sites for hydroxylation is 1. The van der Waals surface area contributed by atoms with Gasteiger partial charge in [0.15, 0.2) is 0 Å². The summed E-state index contributed by atoms with van der Waals surface area (Å²) in [7, 11) is 0. The molecule has 1 saturated heterocycles. The largest absolute Gasteiger partial charge is 0.377 e. The van der Waals surface area contributed by atoms with Gasteiger partial charge in [-0.15, -0.1) is 11.3 Å². The van der Waals surface area contributed by atoms with E-state index in [1.54, 1.807) is 17.4 Å². The zero-order valence-corrected chi connectivity index (χ0v) is 14.0. The number of amides is 1. The van der Waals surface area contributed by atoms with Crippen LogP contribution in [0.15, 0.2) is 28.1 Å². The van der Waals surface area contributed by atoms with E-state index in [0.717, 1.165) is 38.2 Å². The lowest BCUT2D eigenvalue weighted by atomic mass is 10.2. The third-order valence-corrected chi connectivity index (χ3v) is 4.56. The molecule has 0 unspecified atom stereocenters. The molecule has 124 valence electrons. The second kappa shape index (κ2) is 7.72. The topological polar surface area (TPSA) is 67.6 Å². The summed E-state index contributed by atoms with van der Waals surface area (Å²) in [4.78, 5) is 15.6. The summed E-state index contributed by atoms with van der Waals surface area (Å²) >= 11 is 1.70. The van der Waals surface area contributed by atoms with E-state index in [9.17, 15) is 4.79 Å². The van der Waals surface area contributed by atoms with E-state index in [-0.39, 0.29) is 12.0 Å². The summed E-state index contributed by atoms with van der Waals surface area (Å²) < 4.78 is 10.7. The molecule has 2 aromatic rings. The molecule has 1 amide bonds. The Hall–Kier alpha value is -1.70. The summed E-state index contributed by atoms with van der Waals surface area (Å²) in [5.74, 6) is 0.288. The van der Waals surface area contributed by atoms with Crippen LogP contribution in [0.1, 0.15) is 23.4 Å². The molecule has 0 radical (unpaired) electrons. The summed E-state index contributed by atoms with van der Waals surface area (Å²) in [6.45, 7) is 4.46. The fourth-order valence-corrected chi connectivity index (χ4v) is 3.43. The molecule has 0 spiro atoms. The third-order valence-electron chi connectivity index (χ3n) is 3.70. The quantitative estimate of drug-likeness (QED) is 0.842. The summed E-state index contributed by atoms with van der Waals surface area (Å²) in [6, 6.07) is 5.83. The number of aromatic nitrogens is 1. The Morgan fingerprint density at radius 3 is 3.13 bits per heavy atom. The van der Waals surface area contributed by atoms with Crippen LogP contribution < -0.4 is 5.32 Å². The molecule has 2 aromatic heterocycles. The van der Waals surface area contributed by atoms with Crippen LogP contribution in [0.5, 0.6) is 0 Å². The Morgan fingerprint density at radius 2 is 2.48 bits per heavy atom. The summed E-state index contributed by atoms with van der Waals surface area (Å²) in [6.07, 6.45) is 2.38. The first-order chi connectivity index (χ1) is 11.2. The van der Waals surface area contributed by atoms with Crippen LogP contribution >= 0.6 is 11.3 Å². The van der Waals surface area contributed by atoms with Crippen molar-refractivity contribution in [2.24, 2.45) is 0 Å². The van der Waals surface area contributed by atoms with E-state index in [4.69, 9.17) is 9.26 Å². The van der Waals surface area contributed by atoms with Crippen molar-refractivity contribution in [3.8, 4) is 0 Å². The second-order valence-corrected chi connectivity index (χ2v) is 6.80. The van der Waals surface area contributed by atoms with Crippen molar-refractivity contribution in [2.45, 2.75) is 32.4 Å². The van der Waals surface area contributed by atoms with E-state index in [1.165, 1.54) is 4.88 Å². The summed E-state index contributed by atoms with van der Waals surface area (Å²) in [5.41, 5.74) is 0.745. The lowest BCUT2D eigenvalue weighted by Crippen LogP contribution is -2.37. The highest BCUT2D eigenvalue weighted by Gasteiger charge is 2.21. The van der Waals surface area contributed by atoms with Crippen molar-refractivity contribution in [1.82, 2.24) is 10.1 Å². The van der Waals surface area contributed by atoms with Crippen LogP contribution in [0.25, 0.3) is 0 Å². The van der Waals surface area contributed by atoms with Crippen LogP contribution in [0.4, 0.5) is 5.88 Å². The number of carbonyl (C=O) groups is 1. The predicted octanol–water partition coefficient (Wildman–Crippen LogP) is 2.66. The number of hydrogen-bond donors (Lipinski definition) is 1. The molecule has 3 rings (SSSR count). The molecule has 1 fully saturated rings. The minimum absolute atomic E-state index is 0.101. The van der Waals surface area contributed by atoms with Crippen LogP contribution in [-0.2, 0) is 16.1 Å². The molecule has 23 heavy (non-hydrogen) atoms. The molecule has 7 heteroatoms. The molecule has 3 heterocycles. The van der Waals surface area contributed by atoms with Gasteiger partial charge >= 0.3 is 0 Å². The molecule has 1 aliphatic rings. The highest BCUT2D eigenvalue weighted by atomic mass is 32.1. The minimum Gasteiger partial charge on any atom is -0.377 e. The maximum atomic E-state index is 12.3. The van der Waals surface area contributed by atoms with Gasteiger partial charge in [-0.2, -0.15) is 0 Å². The fraction of sp³-hybridized carbons (Fsp3) is 0.500. The third kappa shape index (κ3) is 4.89. The minimum atomic E-state index is -0.101. The van der Waals surface area contributed by atoms with E-state index in [2.05, 4.69) is 26.8 Å². The van der Waals surface area contributed by atoms with Gasteiger partial charge in [0.25, 0.3) is 0 Å². The molecular weight excluding hydrogens is 314 g/mol. The number of carbonyl (C=O) groups excluding carboxylic acids is 1. The normalized spacial score (nSPS) is 17.7. The summed E-state index contributed by atoms with van der Waals surface area (Å²) in [5, 5.41) is 8.57. The van der Waals surface area contributed by atoms with E-state index < -0.39 is 0 Å². The highest BCUT2D eigenvalue weighted by molar-refractivity contribution is 7.09. The molecule has 6 nitrogen and oxygen atoms in total. The Morgan fingerprint density at radius 1 is 1.57 bits per heavy atom. The number of rotatable bonds is 7. The second-order valence-electron chi connectivity index (χ2n) is 5.76. The molecule has 1 aliphatic heterocycles. The van der Waals surface area contributed by atoms with Gasteiger partial charge in [-0.25, -0.2) is 0 Å². The smallest absolute Gasteiger partial charge is 0.240 e. The Balaban J connectivity index is 1.58. The number of nitrogens with one attached hydrogen (secondary N) is 1. The van der Waals surface area contributed by atoms with Gasteiger partial charge in [0, 0.05) is 30.6 Å². The molecule has 0 aliphatic carbocycles. The van der Waals surface area contributed by atoms with Crippen LogP contribution in [0, 0.1) is 6.92 Å². The Bertz CT molecular complexity index is 620. The van der Waals surface area contributed by atoms with E-state index >= 15 is 0 Å². The first-order valence-corrected chi connectivity index (χ1v) is 8.66. The van der Waals surface area contributed by atoms with Gasteiger partial charge in [0.05, 0.1) is 18.3 Å². The van der Waals surface area contributed by atoms with Crippen molar-refractivity contribution < 1.29 is 14.1 Å². The zero-order chi connectivity index (χ0) is 16.1. The number of ether oxygens (including phenoxy) is 1. The predicted molar refractivity (Wildman–Crippen MR) is 88.4 cm³/mol. The molecule has 0 bridgehead atoms. The SMILES string of the molecule is Cc1cc(NC(=O)CN(Cc2cccs2)C[C@@H]2CCCO2)on1. The lowest BCUT2D eigenvalue weighted by molar-refractivity contribution is -0.117. The van der Waals surface area contributed by atoms with Gasteiger partial charge < -0.3 is 9.26 Å². The molecule has 0 saturated carbocycles. The van der Waals surface area contributed by atoms with Gasteiger partial charge in [-0.05, 0) is 31.2 Å². The molecule has 0 aromatic carbocycles. The van der Waals surface area contributed by atoms with Crippen molar-refractivity contribution in [3.63, 3.8) is 0 Å². The van der Waals surface area contributed by atoms with Gasteiger partial charge in [-0.1, -0.05) is 11.2 Å². The number of nitrogens with zero attached hydrogens (tertiary/aromatic N) is 2. The number of anilines is 1. The highest BCUT2D eigenvalue weighted by Crippen LogP contribution is 2.17. The number of thiophene rings is 1. The maximum absolute atomic E-state index is 12.3. The zero-order valence-electron chi connectivity index (χ0n) is 13.2. The van der Waals surface area contributed by atoms with E-state index in [0.29, 0.717) is 12.4 Å². The van der Waals surface area contributed by atoms with Crippen molar-refractivity contribution >= 4 is 23.1 Å². The fourth-order valence-electron chi connectivity index (χ4n) is 2.69. The first-order valence-electron chi connectivity index (χ1n) is 7.78. The first kappa shape index (κ1) is 16.2.